The molecule has 1 atom stereocenters. The Morgan fingerprint density at radius 3 is 2.38 bits per heavy atom. The molecule has 21 heavy (non-hydrogen) atoms. The molecule has 2 rings (SSSR count). The van der Waals surface area contributed by atoms with E-state index in [9.17, 15) is 22.7 Å². The molecular weight excluding hydrogens is 288 g/mol. The van der Waals surface area contributed by atoms with Crippen molar-refractivity contribution in [1.82, 2.24) is 9.78 Å². The van der Waals surface area contributed by atoms with E-state index in [0.29, 0.717) is 17.7 Å². The summed E-state index contributed by atoms with van der Waals surface area (Å²) in [6.45, 7) is 3.76. The minimum Gasteiger partial charge on any atom is -0.384 e. The predicted molar refractivity (Wildman–Crippen MR) is 68.1 cm³/mol. The topological polar surface area (TPSA) is 38.0 Å². The van der Waals surface area contributed by atoms with Gasteiger partial charge in [-0.1, -0.05) is 6.07 Å². The molecule has 0 amide bonds. The lowest BCUT2D eigenvalue weighted by Gasteiger charge is -2.13. The number of alkyl halides is 3. The number of aromatic nitrogens is 2. The molecule has 2 aromatic rings. The summed E-state index contributed by atoms with van der Waals surface area (Å²) in [4.78, 5) is 0. The van der Waals surface area contributed by atoms with Crippen LogP contribution in [0, 0.1) is 5.82 Å². The van der Waals surface area contributed by atoms with Crippen molar-refractivity contribution >= 4 is 0 Å². The molecule has 0 aliphatic heterocycles. The fraction of sp³-hybridized carbons (Fsp3) is 0.357. The standard InChI is InChI=1S/C14H14F4N2O/c1-8(2)20-7-10(6-19-20)13(21)9-3-4-12(15)11(5-9)14(16,17)18/h3-8,13,21H,1-2H3. The number of halogens is 4. The Kier molecular flexibility index (Phi) is 4.04. The van der Waals surface area contributed by atoms with Gasteiger partial charge in [0.1, 0.15) is 11.9 Å². The van der Waals surface area contributed by atoms with E-state index in [1.165, 1.54) is 6.20 Å². The van der Waals surface area contributed by atoms with E-state index < -0.39 is 23.7 Å². The van der Waals surface area contributed by atoms with Gasteiger partial charge in [0.25, 0.3) is 0 Å². The van der Waals surface area contributed by atoms with Gasteiger partial charge in [0.15, 0.2) is 0 Å². The van der Waals surface area contributed by atoms with Crippen LogP contribution in [0.5, 0.6) is 0 Å². The smallest absolute Gasteiger partial charge is 0.384 e. The molecule has 1 unspecified atom stereocenters. The average molecular weight is 302 g/mol. The average Bonchev–Trinajstić information content (AvgIpc) is 2.86. The second-order valence-corrected chi connectivity index (χ2v) is 4.99. The summed E-state index contributed by atoms with van der Waals surface area (Å²) in [5.41, 5.74) is -1.08. The third-order valence-corrected chi connectivity index (χ3v) is 3.08. The first-order valence-electron chi connectivity index (χ1n) is 6.29. The Bertz CT molecular complexity index is 634. The summed E-state index contributed by atoms with van der Waals surface area (Å²) in [5, 5.41) is 14.1. The molecule has 0 spiro atoms. The number of hydrogen-bond donors (Lipinski definition) is 1. The molecule has 0 saturated carbocycles. The second-order valence-electron chi connectivity index (χ2n) is 4.99. The molecule has 0 radical (unpaired) electrons. The van der Waals surface area contributed by atoms with Crippen LogP contribution in [-0.2, 0) is 6.18 Å². The minimum atomic E-state index is -4.80. The fourth-order valence-electron chi connectivity index (χ4n) is 1.90. The summed E-state index contributed by atoms with van der Waals surface area (Å²) in [7, 11) is 0. The lowest BCUT2D eigenvalue weighted by molar-refractivity contribution is -0.140. The van der Waals surface area contributed by atoms with Crippen molar-refractivity contribution in [2.24, 2.45) is 0 Å². The fourth-order valence-corrected chi connectivity index (χ4v) is 1.90. The Morgan fingerprint density at radius 1 is 1.19 bits per heavy atom. The molecule has 3 nitrogen and oxygen atoms in total. The first kappa shape index (κ1) is 15.5. The van der Waals surface area contributed by atoms with E-state index in [1.807, 2.05) is 13.8 Å². The number of aliphatic hydroxyl groups excluding tert-OH is 1. The third-order valence-electron chi connectivity index (χ3n) is 3.08. The molecule has 114 valence electrons. The highest BCUT2D eigenvalue weighted by Gasteiger charge is 2.34. The van der Waals surface area contributed by atoms with Gasteiger partial charge < -0.3 is 5.11 Å². The number of aliphatic hydroxyl groups is 1. The quantitative estimate of drug-likeness (QED) is 0.878. The monoisotopic (exact) mass is 302 g/mol. The van der Waals surface area contributed by atoms with E-state index >= 15 is 0 Å². The maximum Gasteiger partial charge on any atom is 0.419 e. The first-order valence-corrected chi connectivity index (χ1v) is 6.29. The zero-order chi connectivity index (χ0) is 15.8. The van der Waals surface area contributed by atoms with Gasteiger partial charge in [-0.25, -0.2) is 4.39 Å². The van der Waals surface area contributed by atoms with E-state index in [2.05, 4.69) is 5.10 Å². The number of rotatable bonds is 3. The van der Waals surface area contributed by atoms with Gasteiger partial charge >= 0.3 is 6.18 Å². The van der Waals surface area contributed by atoms with Crippen LogP contribution in [0.15, 0.2) is 30.6 Å². The van der Waals surface area contributed by atoms with Crippen molar-refractivity contribution in [2.45, 2.75) is 32.2 Å². The van der Waals surface area contributed by atoms with Gasteiger partial charge in [-0.15, -0.1) is 0 Å². The van der Waals surface area contributed by atoms with E-state index in [-0.39, 0.29) is 11.6 Å². The molecule has 1 heterocycles. The summed E-state index contributed by atoms with van der Waals surface area (Å²) in [6, 6.07) is 2.51. The van der Waals surface area contributed by atoms with Crippen LogP contribution in [0.2, 0.25) is 0 Å². The van der Waals surface area contributed by atoms with E-state index in [1.54, 1.807) is 10.9 Å². The first-order chi connectivity index (χ1) is 9.70. The number of nitrogens with zero attached hydrogens (tertiary/aromatic N) is 2. The van der Waals surface area contributed by atoms with Crippen molar-refractivity contribution in [3.8, 4) is 0 Å². The Morgan fingerprint density at radius 2 is 1.86 bits per heavy atom. The van der Waals surface area contributed by atoms with Crippen LogP contribution < -0.4 is 0 Å². The Balaban J connectivity index is 2.37. The van der Waals surface area contributed by atoms with Crippen molar-refractivity contribution in [3.63, 3.8) is 0 Å². The predicted octanol–water partition coefficient (Wildman–Crippen LogP) is 3.70. The molecular formula is C14H14F4N2O. The van der Waals surface area contributed by atoms with Gasteiger partial charge in [-0.3, -0.25) is 4.68 Å². The molecule has 0 fully saturated rings. The van der Waals surface area contributed by atoms with Crippen molar-refractivity contribution in [2.75, 3.05) is 0 Å². The van der Waals surface area contributed by atoms with Gasteiger partial charge in [0, 0.05) is 17.8 Å². The molecule has 1 aromatic heterocycles. The second kappa shape index (κ2) is 5.48. The maximum absolute atomic E-state index is 13.2. The highest BCUT2D eigenvalue weighted by molar-refractivity contribution is 5.33. The Hall–Kier alpha value is -1.89. The van der Waals surface area contributed by atoms with Crippen molar-refractivity contribution < 1.29 is 22.7 Å². The lowest BCUT2D eigenvalue weighted by Crippen LogP contribution is -2.10. The normalized spacial score (nSPS) is 13.7. The van der Waals surface area contributed by atoms with Crippen molar-refractivity contribution in [1.29, 1.82) is 0 Å². The molecule has 0 aliphatic rings. The van der Waals surface area contributed by atoms with Crippen LogP contribution in [0.1, 0.15) is 42.7 Å². The number of hydrogen-bond acceptors (Lipinski definition) is 2. The van der Waals surface area contributed by atoms with Gasteiger partial charge in [-0.05, 0) is 31.5 Å². The SMILES string of the molecule is CC(C)n1cc(C(O)c2ccc(F)c(C(F)(F)F)c2)cn1. The zero-order valence-electron chi connectivity index (χ0n) is 11.4. The molecule has 1 N–H and O–H groups in total. The van der Waals surface area contributed by atoms with Crippen molar-refractivity contribution in [3.05, 3.63) is 53.1 Å². The summed E-state index contributed by atoms with van der Waals surface area (Å²) < 4.78 is 52.8. The molecule has 1 aromatic carbocycles. The third kappa shape index (κ3) is 3.24. The van der Waals surface area contributed by atoms with Crippen LogP contribution in [0.4, 0.5) is 17.6 Å². The van der Waals surface area contributed by atoms with Crippen LogP contribution in [0.25, 0.3) is 0 Å². The van der Waals surface area contributed by atoms with E-state index in [0.717, 1.165) is 6.07 Å². The lowest BCUT2D eigenvalue weighted by atomic mass is 10.0. The zero-order valence-corrected chi connectivity index (χ0v) is 11.4. The molecule has 7 heteroatoms. The largest absolute Gasteiger partial charge is 0.419 e. The minimum absolute atomic E-state index is 0.0352. The molecule has 0 saturated heterocycles. The maximum atomic E-state index is 13.2. The summed E-state index contributed by atoms with van der Waals surface area (Å²) >= 11 is 0. The summed E-state index contributed by atoms with van der Waals surface area (Å²) in [5.74, 6) is -1.36. The van der Waals surface area contributed by atoms with Crippen LogP contribution in [0.3, 0.4) is 0 Å². The van der Waals surface area contributed by atoms with Gasteiger partial charge in [-0.2, -0.15) is 18.3 Å². The van der Waals surface area contributed by atoms with Crippen LogP contribution >= 0.6 is 0 Å². The molecule has 0 bridgehead atoms. The molecule has 0 aliphatic carbocycles. The van der Waals surface area contributed by atoms with E-state index in [4.69, 9.17) is 0 Å². The van der Waals surface area contributed by atoms with Crippen LogP contribution in [-0.4, -0.2) is 14.9 Å². The number of benzene rings is 1. The van der Waals surface area contributed by atoms with Gasteiger partial charge in [0.2, 0.25) is 0 Å². The highest BCUT2D eigenvalue weighted by atomic mass is 19.4. The van der Waals surface area contributed by atoms with Gasteiger partial charge in [0.05, 0.1) is 11.8 Å². The highest BCUT2D eigenvalue weighted by Crippen LogP contribution is 2.34. The Labute approximate surface area is 118 Å². The summed E-state index contributed by atoms with van der Waals surface area (Å²) in [6.07, 6.45) is -3.17.